The van der Waals surface area contributed by atoms with E-state index in [0.717, 1.165) is 27.8 Å². The van der Waals surface area contributed by atoms with Gasteiger partial charge in [0, 0.05) is 31.0 Å². The Labute approximate surface area is 238 Å². The van der Waals surface area contributed by atoms with Crippen LogP contribution < -0.4 is 18.9 Å². The number of piperazine rings is 1. The summed E-state index contributed by atoms with van der Waals surface area (Å²) in [6, 6.07) is 16.2. The third-order valence-corrected chi connectivity index (χ3v) is 8.43. The Hall–Kier alpha value is -4.40. The number of hydrogen-bond donors (Lipinski definition) is 0. The summed E-state index contributed by atoms with van der Waals surface area (Å²) in [4.78, 5) is 31.9. The molecule has 9 nitrogen and oxygen atoms in total. The SMILES string of the molecule is COc1cc2c(cc1C)C[C@H]1C(=O)N(Cc3ccccc3)C3(Cc4cc5c(cc4O3)OCO5)[C@@H]2N1C(=O)OC(C)C. The minimum Gasteiger partial charge on any atom is -0.496 e. The third-order valence-electron chi connectivity index (χ3n) is 8.43. The lowest BCUT2D eigenvalue weighted by Crippen LogP contribution is -2.74. The molecule has 4 aliphatic rings. The molecule has 0 aromatic heterocycles. The van der Waals surface area contributed by atoms with Gasteiger partial charge in [0.1, 0.15) is 23.6 Å². The first kappa shape index (κ1) is 25.6. The summed E-state index contributed by atoms with van der Waals surface area (Å²) in [5.41, 5.74) is 3.42. The van der Waals surface area contributed by atoms with Gasteiger partial charge in [0.05, 0.1) is 13.2 Å². The fourth-order valence-electron chi connectivity index (χ4n) is 6.71. The van der Waals surface area contributed by atoms with E-state index in [9.17, 15) is 9.59 Å². The molecule has 1 fully saturated rings. The van der Waals surface area contributed by atoms with Crippen molar-refractivity contribution >= 4 is 12.0 Å². The number of carbonyl (C=O) groups excluding carboxylic acids is 2. The van der Waals surface area contributed by atoms with Gasteiger partial charge in [-0.25, -0.2) is 4.79 Å². The standard InChI is InChI=1S/C32H32N2O7/c1-18(2)40-31(36)34-24-11-21-10-19(3)25(37-4)13-23(21)29(34)32(33(30(24)35)16-20-8-6-5-7-9-20)15-22-12-27-28(39-17-38-27)14-26(22)41-32/h5-10,12-14,18,24,29H,11,15-17H2,1-4H3/t24-,29+,32?/m0/s1. The average molecular weight is 557 g/mol. The first-order valence-corrected chi connectivity index (χ1v) is 13.9. The van der Waals surface area contributed by atoms with Crippen molar-refractivity contribution in [2.45, 2.75) is 64.1 Å². The zero-order chi connectivity index (χ0) is 28.5. The van der Waals surface area contributed by atoms with Crippen molar-refractivity contribution in [3.05, 3.63) is 82.4 Å². The average Bonchev–Trinajstić information content (AvgIpc) is 3.56. The van der Waals surface area contributed by atoms with Crippen molar-refractivity contribution < 1.29 is 33.3 Å². The molecule has 7 rings (SSSR count). The minimum absolute atomic E-state index is 0.146. The maximum absolute atomic E-state index is 14.6. The maximum Gasteiger partial charge on any atom is 0.411 e. The molecule has 0 saturated carbocycles. The topological polar surface area (TPSA) is 86.8 Å². The van der Waals surface area contributed by atoms with Crippen molar-refractivity contribution in [3.8, 4) is 23.0 Å². The Bertz CT molecular complexity index is 1520. The summed E-state index contributed by atoms with van der Waals surface area (Å²) in [5.74, 6) is 2.35. The number of carbonyl (C=O) groups is 2. The molecule has 1 unspecified atom stereocenters. The monoisotopic (exact) mass is 556 g/mol. The quantitative estimate of drug-likeness (QED) is 0.451. The molecule has 4 heterocycles. The highest BCUT2D eigenvalue weighted by Gasteiger charge is 2.65. The van der Waals surface area contributed by atoms with Gasteiger partial charge in [-0.15, -0.1) is 0 Å². The Kier molecular flexibility index (Phi) is 5.81. The van der Waals surface area contributed by atoms with Gasteiger partial charge in [-0.2, -0.15) is 0 Å². The molecule has 3 atom stereocenters. The molecule has 1 spiro atoms. The van der Waals surface area contributed by atoms with Gasteiger partial charge in [-0.3, -0.25) is 14.6 Å². The Morgan fingerprint density at radius 2 is 1.80 bits per heavy atom. The maximum atomic E-state index is 14.6. The second-order valence-corrected chi connectivity index (χ2v) is 11.3. The van der Waals surface area contributed by atoms with Crippen LogP contribution in [0.5, 0.6) is 23.0 Å². The molecule has 0 N–H and O–H groups in total. The summed E-state index contributed by atoms with van der Waals surface area (Å²) in [6.45, 7) is 6.06. The Balaban J connectivity index is 1.45. The van der Waals surface area contributed by atoms with Gasteiger partial charge in [-0.05, 0) is 55.2 Å². The van der Waals surface area contributed by atoms with Crippen LogP contribution in [0, 0.1) is 6.92 Å². The number of methoxy groups -OCH3 is 1. The molecule has 3 aromatic carbocycles. The van der Waals surface area contributed by atoms with Gasteiger partial charge < -0.3 is 23.7 Å². The first-order valence-electron chi connectivity index (χ1n) is 13.9. The van der Waals surface area contributed by atoms with Crippen LogP contribution in [-0.2, 0) is 28.9 Å². The van der Waals surface area contributed by atoms with E-state index in [1.165, 1.54) is 0 Å². The zero-order valence-corrected chi connectivity index (χ0v) is 23.5. The van der Waals surface area contributed by atoms with Gasteiger partial charge in [0.15, 0.2) is 11.5 Å². The highest BCUT2D eigenvalue weighted by atomic mass is 16.7. The van der Waals surface area contributed by atoms with Crippen molar-refractivity contribution in [1.82, 2.24) is 9.80 Å². The molecule has 0 radical (unpaired) electrons. The van der Waals surface area contributed by atoms with E-state index in [2.05, 4.69) is 6.07 Å². The number of fused-ring (bicyclic) bond motifs is 7. The molecular formula is C32H32N2O7. The predicted octanol–water partition coefficient (Wildman–Crippen LogP) is 4.92. The van der Waals surface area contributed by atoms with Crippen LogP contribution in [0.1, 0.15) is 47.7 Å². The van der Waals surface area contributed by atoms with Crippen molar-refractivity contribution in [2.75, 3.05) is 13.9 Å². The summed E-state index contributed by atoms with van der Waals surface area (Å²) in [6.07, 6.45) is -0.188. The fourth-order valence-corrected chi connectivity index (χ4v) is 6.71. The number of amides is 2. The third kappa shape index (κ3) is 3.89. The van der Waals surface area contributed by atoms with Crippen molar-refractivity contribution in [2.24, 2.45) is 0 Å². The molecule has 212 valence electrons. The Morgan fingerprint density at radius 3 is 2.54 bits per heavy atom. The lowest BCUT2D eigenvalue weighted by Gasteiger charge is -2.58. The van der Waals surface area contributed by atoms with Crippen LogP contribution in [0.25, 0.3) is 0 Å². The van der Waals surface area contributed by atoms with Crippen LogP contribution >= 0.6 is 0 Å². The molecule has 3 aromatic rings. The summed E-state index contributed by atoms with van der Waals surface area (Å²) < 4.78 is 29.7. The molecule has 41 heavy (non-hydrogen) atoms. The normalized spacial score (nSPS) is 23.4. The number of benzene rings is 3. The Morgan fingerprint density at radius 1 is 1.05 bits per heavy atom. The molecule has 4 aliphatic heterocycles. The van der Waals surface area contributed by atoms with E-state index < -0.39 is 23.9 Å². The number of hydrogen-bond acceptors (Lipinski definition) is 7. The number of aryl methyl sites for hydroxylation is 1. The van der Waals surface area contributed by atoms with Gasteiger partial charge >= 0.3 is 6.09 Å². The molecule has 1 saturated heterocycles. The fraction of sp³-hybridized carbons (Fsp3) is 0.375. The number of nitrogens with zero attached hydrogens (tertiary/aromatic N) is 2. The van der Waals surface area contributed by atoms with E-state index >= 15 is 0 Å². The van der Waals surface area contributed by atoms with Crippen molar-refractivity contribution in [1.29, 1.82) is 0 Å². The molecular weight excluding hydrogens is 524 g/mol. The summed E-state index contributed by atoms with van der Waals surface area (Å²) >= 11 is 0. The van der Waals surface area contributed by atoms with E-state index in [4.69, 9.17) is 23.7 Å². The van der Waals surface area contributed by atoms with Crippen LogP contribution in [0.15, 0.2) is 54.6 Å². The van der Waals surface area contributed by atoms with Crippen molar-refractivity contribution in [3.63, 3.8) is 0 Å². The minimum atomic E-state index is -1.26. The second kappa shape index (κ2) is 9.33. The smallest absolute Gasteiger partial charge is 0.411 e. The van der Waals surface area contributed by atoms with E-state index in [1.807, 2.05) is 60.4 Å². The zero-order valence-electron chi connectivity index (χ0n) is 23.5. The van der Waals surface area contributed by atoms with Crippen LogP contribution in [0.4, 0.5) is 4.79 Å². The summed E-state index contributed by atoms with van der Waals surface area (Å²) in [7, 11) is 1.64. The highest BCUT2D eigenvalue weighted by Crippen LogP contribution is 2.56. The molecule has 2 bridgehead atoms. The lowest BCUT2D eigenvalue weighted by molar-refractivity contribution is -0.196. The van der Waals surface area contributed by atoms with Crippen LogP contribution in [-0.4, -0.2) is 53.6 Å². The molecule has 9 heteroatoms. The van der Waals surface area contributed by atoms with Gasteiger partial charge in [-0.1, -0.05) is 36.4 Å². The highest BCUT2D eigenvalue weighted by molar-refractivity contribution is 5.90. The number of rotatable bonds is 4. The largest absolute Gasteiger partial charge is 0.496 e. The lowest BCUT2D eigenvalue weighted by atomic mass is 9.76. The number of ether oxygens (including phenoxy) is 5. The van der Waals surface area contributed by atoms with E-state index in [0.29, 0.717) is 42.4 Å². The van der Waals surface area contributed by atoms with Crippen LogP contribution in [0.3, 0.4) is 0 Å². The van der Waals surface area contributed by atoms with E-state index in [-0.39, 0.29) is 18.8 Å². The second-order valence-electron chi connectivity index (χ2n) is 11.3. The summed E-state index contributed by atoms with van der Waals surface area (Å²) in [5, 5.41) is 0. The van der Waals surface area contributed by atoms with Crippen LogP contribution in [0.2, 0.25) is 0 Å². The first-order chi connectivity index (χ1) is 19.8. The predicted molar refractivity (Wildman–Crippen MR) is 148 cm³/mol. The van der Waals surface area contributed by atoms with Gasteiger partial charge in [0.2, 0.25) is 18.4 Å². The van der Waals surface area contributed by atoms with Gasteiger partial charge in [0.25, 0.3) is 0 Å². The molecule has 2 amide bonds. The van der Waals surface area contributed by atoms with E-state index in [1.54, 1.807) is 25.9 Å². The molecule has 0 aliphatic carbocycles.